The zero-order valence-electron chi connectivity index (χ0n) is 9.74. The van der Waals surface area contributed by atoms with Crippen LogP contribution in [0.4, 0.5) is 0 Å². The van der Waals surface area contributed by atoms with Gasteiger partial charge in [0.05, 0.1) is 0 Å². The molecule has 1 aliphatic heterocycles. The molecule has 1 unspecified atom stereocenters. The van der Waals surface area contributed by atoms with Gasteiger partial charge in [-0.05, 0) is 43.4 Å². The molecule has 1 aliphatic rings. The van der Waals surface area contributed by atoms with Crippen LogP contribution in [0.1, 0.15) is 31.7 Å². The lowest BCUT2D eigenvalue weighted by molar-refractivity contribution is 0.174. The van der Waals surface area contributed by atoms with Crippen molar-refractivity contribution in [3.8, 4) is 11.5 Å². The highest BCUT2D eigenvalue weighted by Crippen LogP contribution is 2.32. The number of nitrogens with two attached hydrogens (primary N) is 1. The standard InChI is InChI=1S/C13H19NO2/c1-2-11(14)5-3-4-10-6-7-12-13(8-10)16-9-15-12/h6-8,11H,2-5,9,14H2,1H3. The van der Waals surface area contributed by atoms with E-state index < -0.39 is 0 Å². The number of aryl methyl sites for hydroxylation is 1. The molecule has 1 aromatic carbocycles. The van der Waals surface area contributed by atoms with Gasteiger partial charge in [0.15, 0.2) is 11.5 Å². The van der Waals surface area contributed by atoms with Crippen molar-refractivity contribution in [1.82, 2.24) is 0 Å². The summed E-state index contributed by atoms with van der Waals surface area (Å²) in [5, 5.41) is 0. The first-order valence-corrected chi connectivity index (χ1v) is 5.93. The fourth-order valence-electron chi connectivity index (χ4n) is 1.87. The lowest BCUT2D eigenvalue weighted by Crippen LogP contribution is -2.18. The van der Waals surface area contributed by atoms with Gasteiger partial charge in [-0.2, -0.15) is 0 Å². The molecule has 2 rings (SSSR count). The fraction of sp³-hybridized carbons (Fsp3) is 0.538. The fourth-order valence-corrected chi connectivity index (χ4v) is 1.87. The number of rotatable bonds is 5. The van der Waals surface area contributed by atoms with Gasteiger partial charge in [-0.3, -0.25) is 0 Å². The molecule has 0 aromatic heterocycles. The molecule has 0 bridgehead atoms. The Morgan fingerprint density at radius 1 is 1.31 bits per heavy atom. The van der Waals surface area contributed by atoms with E-state index in [-0.39, 0.29) is 0 Å². The summed E-state index contributed by atoms with van der Waals surface area (Å²) in [6.45, 7) is 2.48. The molecule has 0 radical (unpaired) electrons. The zero-order chi connectivity index (χ0) is 11.4. The summed E-state index contributed by atoms with van der Waals surface area (Å²) in [7, 11) is 0. The molecular formula is C13H19NO2. The molecule has 0 saturated heterocycles. The normalized spacial score (nSPS) is 15.1. The second kappa shape index (κ2) is 5.21. The van der Waals surface area contributed by atoms with Gasteiger partial charge in [-0.15, -0.1) is 0 Å². The number of benzene rings is 1. The van der Waals surface area contributed by atoms with E-state index in [2.05, 4.69) is 19.1 Å². The summed E-state index contributed by atoms with van der Waals surface area (Å²) in [5.41, 5.74) is 7.18. The van der Waals surface area contributed by atoms with Crippen LogP contribution in [-0.2, 0) is 6.42 Å². The molecule has 3 nitrogen and oxygen atoms in total. The maximum Gasteiger partial charge on any atom is 0.231 e. The Labute approximate surface area is 96.5 Å². The molecule has 0 saturated carbocycles. The largest absolute Gasteiger partial charge is 0.454 e. The molecule has 0 spiro atoms. The average Bonchev–Trinajstić information content (AvgIpc) is 2.76. The van der Waals surface area contributed by atoms with Gasteiger partial charge in [0, 0.05) is 6.04 Å². The lowest BCUT2D eigenvalue weighted by Gasteiger charge is -2.08. The Morgan fingerprint density at radius 3 is 2.94 bits per heavy atom. The minimum absolute atomic E-state index is 0.342. The van der Waals surface area contributed by atoms with Crippen molar-refractivity contribution in [2.75, 3.05) is 6.79 Å². The van der Waals surface area contributed by atoms with Gasteiger partial charge in [-0.1, -0.05) is 13.0 Å². The van der Waals surface area contributed by atoms with Crippen molar-refractivity contribution in [2.24, 2.45) is 5.73 Å². The SMILES string of the molecule is CCC(N)CCCc1ccc2c(c1)OCO2. The topological polar surface area (TPSA) is 44.5 Å². The van der Waals surface area contributed by atoms with Crippen molar-refractivity contribution >= 4 is 0 Å². The van der Waals surface area contributed by atoms with Crippen LogP contribution < -0.4 is 15.2 Å². The number of fused-ring (bicyclic) bond motifs is 1. The van der Waals surface area contributed by atoms with Crippen LogP contribution in [-0.4, -0.2) is 12.8 Å². The summed E-state index contributed by atoms with van der Waals surface area (Å²) >= 11 is 0. The number of ether oxygens (including phenoxy) is 2. The first kappa shape index (κ1) is 11.3. The highest BCUT2D eigenvalue weighted by molar-refractivity contribution is 5.44. The van der Waals surface area contributed by atoms with Gasteiger partial charge in [0.25, 0.3) is 0 Å². The Bertz CT molecular complexity index is 352. The van der Waals surface area contributed by atoms with Crippen LogP contribution in [0.15, 0.2) is 18.2 Å². The molecule has 2 N–H and O–H groups in total. The molecule has 0 fully saturated rings. The Hall–Kier alpha value is -1.22. The molecule has 0 aliphatic carbocycles. The quantitative estimate of drug-likeness (QED) is 0.830. The smallest absolute Gasteiger partial charge is 0.231 e. The van der Waals surface area contributed by atoms with Crippen LogP contribution >= 0.6 is 0 Å². The summed E-state index contributed by atoms with van der Waals surface area (Å²) in [4.78, 5) is 0. The summed E-state index contributed by atoms with van der Waals surface area (Å²) < 4.78 is 10.6. The van der Waals surface area contributed by atoms with Crippen LogP contribution in [0.3, 0.4) is 0 Å². The maximum atomic E-state index is 5.88. The average molecular weight is 221 g/mol. The van der Waals surface area contributed by atoms with E-state index in [9.17, 15) is 0 Å². The van der Waals surface area contributed by atoms with Crippen LogP contribution in [0, 0.1) is 0 Å². The van der Waals surface area contributed by atoms with Gasteiger partial charge >= 0.3 is 0 Å². The molecule has 88 valence electrons. The lowest BCUT2D eigenvalue weighted by atomic mass is 10.0. The minimum Gasteiger partial charge on any atom is -0.454 e. The van der Waals surface area contributed by atoms with E-state index >= 15 is 0 Å². The summed E-state index contributed by atoms with van der Waals surface area (Å²) in [6.07, 6.45) is 4.34. The third-order valence-corrected chi connectivity index (χ3v) is 3.00. The van der Waals surface area contributed by atoms with Gasteiger partial charge in [-0.25, -0.2) is 0 Å². The summed E-state index contributed by atoms with van der Waals surface area (Å²) in [6, 6.07) is 6.50. The summed E-state index contributed by atoms with van der Waals surface area (Å²) in [5.74, 6) is 1.73. The van der Waals surface area contributed by atoms with E-state index in [4.69, 9.17) is 15.2 Å². The molecule has 1 aromatic rings. The third-order valence-electron chi connectivity index (χ3n) is 3.00. The van der Waals surface area contributed by atoms with E-state index in [1.54, 1.807) is 0 Å². The second-order valence-corrected chi connectivity index (χ2v) is 4.25. The monoisotopic (exact) mass is 221 g/mol. The van der Waals surface area contributed by atoms with Crippen molar-refractivity contribution in [1.29, 1.82) is 0 Å². The molecular weight excluding hydrogens is 202 g/mol. The van der Waals surface area contributed by atoms with Gasteiger partial charge < -0.3 is 15.2 Å². The number of hydrogen-bond acceptors (Lipinski definition) is 3. The van der Waals surface area contributed by atoms with Gasteiger partial charge in [0.2, 0.25) is 6.79 Å². The first-order chi connectivity index (χ1) is 7.79. The van der Waals surface area contributed by atoms with E-state index in [0.717, 1.165) is 37.2 Å². The van der Waals surface area contributed by atoms with Crippen molar-refractivity contribution in [2.45, 2.75) is 38.6 Å². The molecule has 1 heterocycles. The van der Waals surface area contributed by atoms with E-state index in [1.165, 1.54) is 5.56 Å². The molecule has 1 atom stereocenters. The van der Waals surface area contributed by atoms with Crippen molar-refractivity contribution < 1.29 is 9.47 Å². The zero-order valence-corrected chi connectivity index (χ0v) is 9.74. The van der Waals surface area contributed by atoms with Gasteiger partial charge in [0.1, 0.15) is 0 Å². The highest BCUT2D eigenvalue weighted by atomic mass is 16.7. The van der Waals surface area contributed by atoms with Crippen molar-refractivity contribution in [3.63, 3.8) is 0 Å². The van der Waals surface area contributed by atoms with Crippen LogP contribution in [0.25, 0.3) is 0 Å². The predicted molar refractivity (Wildman–Crippen MR) is 63.8 cm³/mol. The van der Waals surface area contributed by atoms with Crippen LogP contribution in [0.5, 0.6) is 11.5 Å². The Balaban J connectivity index is 1.86. The van der Waals surface area contributed by atoms with Crippen molar-refractivity contribution in [3.05, 3.63) is 23.8 Å². The third kappa shape index (κ3) is 2.67. The minimum atomic E-state index is 0.342. The molecule has 0 amide bonds. The Morgan fingerprint density at radius 2 is 2.12 bits per heavy atom. The molecule has 3 heteroatoms. The van der Waals surface area contributed by atoms with E-state index in [1.807, 2.05) is 6.07 Å². The highest BCUT2D eigenvalue weighted by Gasteiger charge is 2.12. The molecule has 16 heavy (non-hydrogen) atoms. The predicted octanol–water partition coefficient (Wildman–Crippen LogP) is 2.48. The second-order valence-electron chi connectivity index (χ2n) is 4.25. The number of hydrogen-bond donors (Lipinski definition) is 1. The maximum absolute atomic E-state index is 5.88. The van der Waals surface area contributed by atoms with E-state index in [0.29, 0.717) is 12.8 Å². The Kier molecular flexibility index (Phi) is 3.67. The first-order valence-electron chi connectivity index (χ1n) is 5.93. The van der Waals surface area contributed by atoms with Crippen LogP contribution in [0.2, 0.25) is 0 Å².